The van der Waals surface area contributed by atoms with Gasteiger partial charge < -0.3 is 14.8 Å². The van der Waals surface area contributed by atoms with Crippen LogP contribution in [0.25, 0.3) is 16.8 Å². The van der Waals surface area contributed by atoms with Crippen LogP contribution in [0.2, 0.25) is 0 Å². The zero-order valence-electron chi connectivity index (χ0n) is 14.5. The summed E-state index contributed by atoms with van der Waals surface area (Å²) in [6.07, 6.45) is 2.32. The first-order chi connectivity index (χ1) is 12.2. The lowest BCUT2D eigenvalue weighted by Crippen LogP contribution is -2.26. The highest BCUT2D eigenvalue weighted by Gasteiger charge is 2.08. The smallest absolute Gasteiger partial charge is 0.261 e. The maximum atomic E-state index is 12.1. The van der Waals surface area contributed by atoms with Crippen LogP contribution in [0.5, 0.6) is 5.75 Å². The van der Waals surface area contributed by atoms with Crippen molar-refractivity contribution in [2.24, 2.45) is 0 Å². The number of fused-ring (bicyclic) bond motifs is 1. The molecule has 0 aliphatic rings. The molecule has 0 saturated heterocycles. The van der Waals surface area contributed by atoms with Gasteiger partial charge in [-0.2, -0.15) is 5.26 Å². The van der Waals surface area contributed by atoms with Gasteiger partial charge in [-0.3, -0.25) is 4.79 Å². The first-order valence-corrected chi connectivity index (χ1v) is 8.23. The van der Waals surface area contributed by atoms with Gasteiger partial charge in [-0.05, 0) is 54.0 Å². The van der Waals surface area contributed by atoms with Crippen molar-refractivity contribution in [1.82, 2.24) is 5.32 Å². The Kier molecular flexibility index (Phi) is 7.00. The number of rotatable bonds is 8. The van der Waals surface area contributed by atoms with Gasteiger partial charge in [0.1, 0.15) is 17.4 Å². The van der Waals surface area contributed by atoms with E-state index in [1.54, 1.807) is 13.2 Å². The summed E-state index contributed by atoms with van der Waals surface area (Å²) in [5.74, 6) is 0.425. The topological polar surface area (TPSA) is 71.3 Å². The van der Waals surface area contributed by atoms with Gasteiger partial charge in [-0.1, -0.05) is 18.2 Å². The van der Waals surface area contributed by atoms with E-state index < -0.39 is 0 Å². The Balaban J connectivity index is 2.09. The molecule has 0 aliphatic carbocycles. The summed E-state index contributed by atoms with van der Waals surface area (Å²) >= 11 is 0. The van der Waals surface area contributed by atoms with Crippen LogP contribution in [-0.2, 0) is 9.53 Å². The maximum absolute atomic E-state index is 12.1. The van der Waals surface area contributed by atoms with Crippen molar-refractivity contribution in [2.75, 3.05) is 26.9 Å². The van der Waals surface area contributed by atoms with E-state index in [-0.39, 0.29) is 11.5 Å². The van der Waals surface area contributed by atoms with E-state index in [9.17, 15) is 10.1 Å². The molecule has 0 spiro atoms. The van der Waals surface area contributed by atoms with Crippen LogP contribution in [0.1, 0.15) is 18.9 Å². The number of nitrogens with zero attached hydrogens (tertiary/aromatic N) is 1. The van der Waals surface area contributed by atoms with E-state index in [0.29, 0.717) is 19.8 Å². The number of carbonyl (C=O) groups is 1. The van der Waals surface area contributed by atoms with E-state index in [4.69, 9.17) is 9.47 Å². The molecule has 0 unspecified atom stereocenters. The highest BCUT2D eigenvalue weighted by molar-refractivity contribution is 6.02. The zero-order chi connectivity index (χ0) is 18.1. The van der Waals surface area contributed by atoms with Gasteiger partial charge in [0.05, 0.1) is 7.11 Å². The number of nitrogens with one attached hydrogen (secondary N) is 1. The fourth-order valence-corrected chi connectivity index (χ4v) is 2.39. The molecule has 25 heavy (non-hydrogen) atoms. The summed E-state index contributed by atoms with van der Waals surface area (Å²) in [5, 5.41) is 14.1. The minimum atomic E-state index is -0.367. The van der Waals surface area contributed by atoms with Crippen LogP contribution in [-0.4, -0.2) is 32.8 Å². The molecule has 5 heteroatoms. The summed E-state index contributed by atoms with van der Waals surface area (Å²) in [5.41, 5.74) is 0.892. The van der Waals surface area contributed by atoms with Gasteiger partial charge in [0.15, 0.2) is 0 Å². The minimum Gasteiger partial charge on any atom is -0.497 e. The van der Waals surface area contributed by atoms with Crippen molar-refractivity contribution in [3.63, 3.8) is 0 Å². The number of benzene rings is 2. The summed E-state index contributed by atoms with van der Waals surface area (Å²) in [6.45, 7) is 3.66. The first-order valence-electron chi connectivity index (χ1n) is 8.23. The number of hydrogen-bond acceptors (Lipinski definition) is 4. The van der Waals surface area contributed by atoms with Gasteiger partial charge >= 0.3 is 0 Å². The molecule has 2 rings (SSSR count). The maximum Gasteiger partial charge on any atom is 0.261 e. The lowest BCUT2D eigenvalue weighted by atomic mass is 10.0. The second-order valence-electron chi connectivity index (χ2n) is 5.45. The standard InChI is InChI=1S/C20H22N2O3/c1-3-25-10-4-9-22-20(23)18(14-21)12-15-5-6-17-13-19(24-2)8-7-16(17)11-15/h5-8,11-13H,3-4,9-10H2,1-2H3,(H,22,23)/b18-12+. The number of hydrogen-bond donors (Lipinski definition) is 1. The number of amides is 1. The van der Waals surface area contributed by atoms with Gasteiger partial charge in [0.2, 0.25) is 0 Å². The van der Waals surface area contributed by atoms with Crippen LogP contribution in [0.4, 0.5) is 0 Å². The lowest BCUT2D eigenvalue weighted by molar-refractivity contribution is -0.117. The van der Waals surface area contributed by atoms with Crippen LogP contribution < -0.4 is 10.1 Å². The SMILES string of the molecule is CCOCCCNC(=O)/C(C#N)=C/c1ccc2cc(OC)ccc2c1. The quantitative estimate of drug-likeness (QED) is 0.455. The Hall–Kier alpha value is -2.84. The molecule has 0 fully saturated rings. The van der Waals surface area contributed by atoms with E-state index >= 15 is 0 Å². The minimum absolute atomic E-state index is 0.0873. The number of methoxy groups -OCH3 is 1. The third kappa shape index (κ3) is 5.33. The third-order valence-corrected chi connectivity index (χ3v) is 3.70. The van der Waals surface area contributed by atoms with E-state index in [2.05, 4.69) is 5.32 Å². The first kappa shape index (κ1) is 18.5. The van der Waals surface area contributed by atoms with Crippen LogP contribution in [0.3, 0.4) is 0 Å². The average Bonchev–Trinajstić information content (AvgIpc) is 2.65. The Labute approximate surface area is 147 Å². The molecule has 1 N–H and O–H groups in total. The predicted molar refractivity (Wildman–Crippen MR) is 98.2 cm³/mol. The average molecular weight is 338 g/mol. The van der Waals surface area contributed by atoms with Gasteiger partial charge in [-0.25, -0.2) is 0 Å². The predicted octanol–water partition coefficient (Wildman–Crippen LogP) is 3.30. The van der Waals surface area contributed by atoms with Crippen LogP contribution >= 0.6 is 0 Å². The molecular weight excluding hydrogens is 316 g/mol. The van der Waals surface area contributed by atoms with E-state index in [0.717, 1.165) is 28.5 Å². The molecule has 0 bridgehead atoms. The van der Waals surface area contributed by atoms with E-state index in [1.807, 2.05) is 49.4 Å². The second-order valence-corrected chi connectivity index (χ2v) is 5.45. The van der Waals surface area contributed by atoms with Gasteiger partial charge in [-0.15, -0.1) is 0 Å². The number of nitriles is 1. The Morgan fingerprint density at radius 3 is 2.72 bits per heavy atom. The third-order valence-electron chi connectivity index (χ3n) is 3.70. The number of ether oxygens (including phenoxy) is 2. The fraction of sp³-hybridized carbons (Fsp3) is 0.300. The monoisotopic (exact) mass is 338 g/mol. The summed E-state index contributed by atoms with van der Waals surface area (Å²) in [7, 11) is 1.63. The van der Waals surface area contributed by atoms with Crippen molar-refractivity contribution < 1.29 is 14.3 Å². The number of carbonyl (C=O) groups excluding carboxylic acids is 1. The molecule has 0 saturated carbocycles. The summed E-state index contributed by atoms with van der Waals surface area (Å²) in [4.78, 5) is 12.1. The van der Waals surface area contributed by atoms with Crippen molar-refractivity contribution in [3.05, 3.63) is 47.5 Å². The van der Waals surface area contributed by atoms with Crippen molar-refractivity contribution in [3.8, 4) is 11.8 Å². The molecule has 0 aliphatic heterocycles. The fourth-order valence-electron chi connectivity index (χ4n) is 2.39. The zero-order valence-corrected chi connectivity index (χ0v) is 14.5. The van der Waals surface area contributed by atoms with Crippen molar-refractivity contribution in [1.29, 1.82) is 5.26 Å². The van der Waals surface area contributed by atoms with Crippen molar-refractivity contribution >= 4 is 22.8 Å². The van der Waals surface area contributed by atoms with Gasteiger partial charge in [0.25, 0.3) is 5.91 Å². The highest BCUT2D eigenvalue weighted by atomic mass is 16.5. The molecular formula is C20H22N2O3. The van der Waals surface area contributed by atoms with Crippen LogP contribution in [0.15, 0.2) is 42.0 Å². The molecule has 0 aromatic heterocycles. The molecule has 1 amide bonds. The lowest BCUT2D eigenvalue weighted by Gasteiger charge is -2.06. The molecule has 5 nitrogen and oxygen atoms in total. The van der Waals surface area contributed by atoms with Crippen molar-refractivity contribution in [2.45, 2.75) is 13.3 Å². The normalized spacial score (nSPS) is 11.2. The highest BCUT2D eigenvalue weighted by Crippen LogP contribution is 2.22. The largest absolute Gasteiger partial charge is 0.497 e. The Morgan fingerprint density at radius 1 is 1.24 bits per heavy atom. The molecule has 0 heterocycles. The van der Waals surface area contributed by atoms with Gasteiger partial charge in [0, 0.05) is 19.8 Å². The summed E-state index contributed by atoms with van der Waals surface area (Å²) < 4.78 is 10.4. The van der Waals surface area contributed by atoms with Crippen LogP contribution in [0, 0.1) is 11.3 Å². The second kappa shape index (κ2) is 9.45. The molecule has 2 aromatic rings. The van der Waals surface area contributed by atoms with E-state index in [1.165, 1.54) is 0 Å². The molecule has 130 valence electrons. The Morgan fingerprint density at radius 2 is 2.00 bits per heavy atom. The summed E-state index contributed by atoms with van der Waals surface area (Å²) in [6, 6.07) is 13.5. The Bertz CT molecular complexity index is 806. The molecule has 0 atom stereocenters. The molecule has 2 aromatic carbocycles. The molecule has 0 radical (unpaired) electrons.